The van der Waals surface area contributed by atoms with Crippen molar-refractivity contribution in [3.05, 3.63) is 89.6 Å². The number of piperazine rings is 1. The first-order valence-electron chi connectivity index (χ1n) is 14.0. The highest BCUT2D eigenvalue weighted by Gasteiger charge is 2.27. The molecule has 1 saturated heterocycles. The summed E-state index contributed by atoms with van der Waals surface area (Å²) in [6.07, 6.45) is 2.71. The molecule has 0 radical (unpaired) electrons. The molecular weight excluding hydrogens is 552 g/mol. The summed E-state index contributed by atoms with van der Waals surface area (Å²) in [4.78, 5) is 48.6. The van der Waals surface area contributed by atoms with Gasteiger partial charge >= 0.3 is 12.1 Å². The minimum absolute atomic E-state index is 0.00354. The zero-order valence-corrected chi connectivity index (χ0v) is 24.3. The lowest BCUT2D eigenvalue weighted by atomic mass is 10.1. The van der Waals surface area contributed by atoms with Crippen LogP contribution in [-0.2, 0) is 22.7 Å². The Morgan fingerprint density at radius 2 is 1.77 bits per heavy atom. The summed E-state index contributed by atoms with van der Waals surface area (Å²) in [5, 5.41) is 20.5. The van der Waals surface area contributed by atoms with Gasteiger partial charge in [0.05, 0.1) is 17.2 Å². The van der Waals surface area contributed by atoms with Gasteiger partial charge in [-0.15, -0.1) is 0 Å². The average Bonchev–Trinajstić information content (AvgIpc) is 3.02. The number of rotatable bonds is 8. The van der Waals surface area contributed by atoms with Crippen LogP contribution in [0.2, 0.25) is 0 Å². The number of anilines is 2. The van der Waals surface area contributed by atoms with Gasteiger partial charge in [-0.05, 0) is 55.3 Å². The van der Waals surface area contributed by atoms with Gasteiger partial charge in [-0.25, -0.2) is 14.6 Å². The number of nitrogens with one attached hydrogen (secondary N) is 1. The highest BCUT2D eigenvalue weighted by Crippen LogP contribution is 2.26. The van der Waals surface area contributed by atoms with Crippen LogP contribution in [0.3, 0.4) is 0 Å². The molecule has 1 aromatic heterocycles. The van der Waals surface area contributed by atoms with Gasteiger partial charge < -0.3 is 25.2 Å². The molecule has 0 aliphatic carbocycles. The average molecular weight is 589 g/mol. The fraction of sp³-hybridized carbons (Fsp3) is 0.323. The molecule has 0 saturated carbocycles. The summed E-state index contributed by atoms with van der Waals surface area (Å²) in [5.74, 6) is 0.171. The zero-order valence-electron chi connectivity index (χ0n) is 24.3. The number of carboxylic acids is 1. The van der Waals surface area contributed by atoms with Gasteiger partial charge in [0.15, 0.2) is 0 Å². The van der Waals surface area contributed by atoms with E-state index in [1.165, 1.54) is 40.8 Å². The molecule has 43 heavy (non-hydrogen) atoms. The van der Waals surface area contributed by atoms with Gasteiger partial charge in [0.25, 0.3) is 0 Å². The molecule has 2 aliphatic heterocycles. The summed E-state index contributed by atoms with van der Waals surface area (Å²) in [6, 6.07) is 13.9. The van der Waals surface area contributed by atoms with E-state index in [1.807, 2.05) is 11.8 Å². The van der Waals surface area contributed by atoms with E-state index in [0.29, 0.717) is 18.3 Å². The number of nitrogens with zero attached hydrogens (tertiary/aromatic N) is 5. The largest absolute Gasteiger partial charge is 0.508 e. The highest BCUT2D eigenvalue weighted by atomic mass is 16.6. The Morgan fingerprint density at radius 3 is 2.37 bits per heavy atom. The number of hydrogen-bond donors (Lipinski definition) is 3. The maximum absolute atomic E-state index is 12.0. The first kappa shape index (κ1) is 31.0. The summed E-state index contributed by atoms with van der Waals surface area (Å²) in [6.45, 7) is 12.2. The number of fused-ring (bicyclic) bond motifs is 1. The molecular formula is C31H36N6O6. The van der Waals surface area contributed by atoms with Crippen LogP contribution in [0.4, 0.5) is 16.6 Å². The zero-order chi connectivity index (χ0) is 30.9. The van der Waals surface area contributed by atoms with E-state index in [4.69, 9.17) is 14.9 Å². The summed E-state index contributed by atoms with van der Waals surface area (Å²) >= 11 is 0. The summed E-state index contributed by atoms with van der Waals surface area (Å²) in [5.41, 5.74) is 3.33. The number of phenolic OH excluding ortho intramolecular Hbond substituents is 1. The molecule has 12 heteroatoms. The van der Waals surface area contributed by atoms with E-state index in [2.05, 4.69) is 58.0 Å². The number of amides is 2. The van der Waals surface area contributed by atoms with Crippen LogP contribution in [-0.4, -0.2) is 80.7 Å². The monoisotopic (exact) mass is 588 g/mol. The van der Waals surface area contributed by atoms with Crippen LogP contribution in [0.1, 0.15) is 46.9 Å². The van der Waals surface area contributed by atoms with E-state index >= 15 is 0 Å². The molecule has 1 atom stereocenters. The number of benzene rings is 2. The number of carbonyl (C=O) groups excluding carboxylic acids is 2. The number of carbonyl (C=O) groups is 3. The van der Waals surface area contributed by atoms with Gasteiger partial charge in [-0.2, -0.15) is 4.98 Å². The van der Waals surface area contributed by atoms with Crippen molar-refractivity contribution in [2.75, 3.05) is 42.9 Å². The van der Waals surface area contributed by atoms with Crippen molar-refractivity contribution in [1.82, 2.24) is 19.8 Å². The van der Waals surface area contributed by atoms with E-state index in [-0.39, 0.29) is 36.0 Å². The number of aromatic carboxylic acids is 1. The normalized spacial score (nSPS) is 15.3. The van der Waals surface area contributed by atoms with Gasteiger partial charge in [0.2, 0.25) is 11.9 Å². The molecule has 3 heterocycles. The van der Waals surface area contributed by atoms with Crippen LogP contribution < -0.4 is 10.2 Å². The van der Waals surface area contributed by atoms with Crippen LogP contribution in [0.5, 0.6) is 5.75 Å². The molecule has 0 bridgehead atoms. The Hall–Kier alpha value is -4.97. The quantitative estimate of drug-likeness (QED) is 0.329. The van der Waals surface area contributed by atoms with Gasteiger partial charge in [0.1, 0.15) is 18.2 Å². The number of cyclic esters (lactones) is 1. The van der Waals surface area contributed by atoms with Crippen molar-refractivity contribution in [2.45, 2.75) is 33.0 Å². The molecule has 2 aliphatic rings. The van der Waals surface area contributed by atoms with Gasteiger partial charge in [-0.3, -0.25) is 14.6 Å². The highest BCUT2D eigenvalue weighted by molar-refractivity contribution is 5.89. The second-order valence-electron chi connectivity index (χ2n) is 10.1. The maximum atomic E-state index is 12.0. The van der Waals surface area contributed by atoms with Crippen molar-refractivity contribution in [3.8, 4) is 5.75 Å². The molecule has 3 N–H and O–H groups in total. The van der Waals surface area contributed by atoms with E-state index in [1.54, 1.807) is 6.20 Å². The Kier molecular flexibility index (Phi) is 10.3. The Bertz CT molecular complexity index is 1440. The second-order valence-corrected chi connectivity index (χ2v) is 10.1. The molecule has 12 nitrogen and oxygen atoms in total. The lowest BCUT2D eigenvalue weighted by molar-refractivity contribution is -0.127. The van der Waals surface area contributed by atoms with Gasteiger partial charge in [-0.1, -0.05) is 30.8 Å². The third-order valence-electron chi connectivity index (χ3n) is 7.19. The molecule has 2 aromatic carbocycles. The fourth-order valence-electron chi connectivity index (χ4n) is 4.69. The first-order chi connectivity index (χ1) is 20.7. The number of aromatic hydroxyl groups is 1. The third-order valence-corrected chi connectivity index (χ3v) is 7.19. The molecule has 0 spiro atoms. The van der Waals surface area contributed by atoms with Crippen molar-refractivity contribution >= 4 is 29.7 Å². The van der Waals surface area contributed by atoms with Gasteiger partial charge in [0, 0.05) is 45.5 Å². The number of ether oxygens (including phenoxy) is 1. The lowest BCUT2D eigenvalue weighted by Crippen LogP contribution is -2.47. The lowest BCUT2D eigenvalue weighted by Gasteiger charge is -2.34. The Labute approximate surface area is 250 Å². The molecule has 5 rings (SSSR count). The predicted octanol–water partition coefficient (Wildman–Crippen LogP) is 4.05. The standard InChI is InChI=1S/C24H30N6O3.C7H6O3/c1-4-21(31)29-12-10-28(11-13-29)15-18-6-8-19(9-7-18)17(3)26-23-25-14-20-16-33-24(32)30(5-2)22(20)27-23;8-6-3-1-5(2-4-6)7(9)10/h4,6-9,14,17H,1,5,10-13,15-16H2,2-3H3,(H,25,26,27);1-4,8H,(H,9,10). The van der Waals surface area contributed by atoms with E-state index < -0.39 is 5.97 Å². The Morgan fingerprint density at radius 1 is 1.09 bits per heavy atom. The van der Waals surface area contributed by atoms with Crippen molar-refractivity contribution in [1.29, 1.82) is 0 Å². The number of hydrogen-bond acceptors (Lipinski definition) is 9. The van der Waals surface area contributed by atoms with Crippen LogP contribution in [0, 0.1) is 0 Å². The third kappa shape index (κ3) is 8.07. The van der Waals surface area contributed by atoms with Crippen molar-refractivity contribution < 1.29 is 29.3 Å². The smallest absolute Gasteiger partial charge is 0.415 e. The van der Waals surface area contributed by atoms with Crippen molar-refractivity contribution in [3.63, 3.8) is 0 Å². The topological polar surface area (TPSA) is 148 Å². The SMILES string of the molecule is C=CC(=O)N1CCN(Cc2ccc(C(C)Nc3ncc4c(n3)N(CC)C(=O)OC4)cc2)CC1.O=C(O)c1ccc(O)cc1. The predicted molar refractivity (Wildman–Crippen MR) is 161 cm³/mol. The Balaban J connectivity index is 0.000000359. The number of carboxylic acid groups (broad SMARTS) is 1. The van der Waals surface area contributed by atoms with Crippen LogP contribution in [0.25, 0.3) is 0 Å². The molecule has 3 aromatic rings. The van der Waals surface area contributed by atoms with Crippen molar-refractivity contribution in [2.24, 2.45) is 0 Å². The molecule has 226 valence electrons. The van der Waals surface area contributed by atoms with Crippen LogP contribution >= 0.6 is 0 Å². The molecule has 1 fully saturated rings. The minimum atomic E-state index is -0.986. The van der Waals surface area contributed by atoms with E-state index in [0.717, 1.165) is 43.9 Å². The number of aromatic nitrogens is 2. The molecule has 1 unspecified atom stereocenters. The maximum Gasteiger partial charge on any atom is 0.415 e. The number of phenols is 1. The van der Waals surface area contributed by atoms with E-state index in [9.17, 15) is 14.4 Å². The molecule has 2 amide bonds. The minimum Gasteiger partial charge on any atom is -0.508 e. The fourth-order valence-corrected chi connectivity index (χ4v) is 4.69. The van der Waals surface area contributed by atoms with Crippen LogP contribution in [0.15, 0.2) is 67.4 Å². The summed E-state index contributed by atoms with van der Waals surface area (Å²) in [7, 11) is 0. The second kappa shape index (κ2) is 14.3. The summed E-state index contributed by atoms with van der Waals surface area (Å²) < 4.78 is 5.15. The first-order valence-corrected chi connectivity index (χ1v) is 14.0.